The van der Waals surface area contributed by atoms with Crippen molar-refractivity contribution in [1.82, 2.24) is 0 Å². The molecule has 0 spiro atoms. The van der Waals surface area contributed by atoms with Crippen LogP contribution in [0.15, 0.2) is 18.2 Å². The maximum absolute atomic E-state index is 13.0. The summed E-state index contributed by atoms with van der Waals surface area (Å²) in [6, 6.07) is 6.07. The van der Waals surface area contributed by atoms with E-state index in [-0.39, 0.29) is 17.6 Å². The largest absolute Gasteiger partial charge is 0.396 e. The number of anilines is 1. The van der Waals surface area contributed by atoms with Crippen LogP contribution >= 0.6 is 0 Å². The molecule has 86 valence electrons. The van der Waals surface area contributed by atoms with Gasteiger partial charge in [-0.25, -0.2) is 4.39 Å². The van der Waals surface area contributed by atoms with Crippen LogP contribution in [0.25, 0.3) is 0 Å². The predicted molar refractivity (Wildman–Crippen MR) is 60.5 cm³/mol. The molecule has 0 aliphatic heterocycles. The molecule has 0 aromatic heterocycles. The molecule has 0 unspecified atom stereocenters. The van der Waals surface area contributed by atoms with Crippen molar-refractivity contribution in [1.29, 1.82) is 5.26 Å². The zero-order valence-electron chi connectivity index (χ0n) is 9.42. The average Bonchev–Trinajstić information content (AvgIpc) is 2.28. The molecule has 0 heterocycles. The van der Waals surface area contributed by atoms with Gasteiger partial charge in [-0.2, -0.15) is 5.26 Å². The molecule has 1 rings (SSSR count). The van der Waals surface area contributed by atoms with Gasteiger partial charge in [0.15, 0.2) is 0 Å². The van der Waals surface area contributed by atoms with Gasteiger partial charge in [0, 0.05) is 24.3 Å². The summed E-state index contributed by atoms with van der Waals surface area (Å²) in [7, 11) is 0. The van der Waals surface area contributed by atoms with E-state index in [0.29, 0.717) is 12.2 Å². The van der Waals surface area contributed by atoms with Gasteiger partial charge in [-0.15, -0.1) is 0 Å². The maximum Gasteiger partial charge on any atom is 0.141 e. The molecule has 16 heavy (non-hydrogen) atoms. The van der Waals surface area contributed by atoms with E-state index >= 15 is 0 Å². The van der Waals surface area contributed by atoms with Crippen molar-refractivity contribution in [3.8, 4) is 6.07 Å². The van der Waals surface area contributed by atoms with E-state index in [1.165, 1.54) is 12.1 Å². The molecule has 0 saturated heterocycles. The Bertz CT molecular complexity index is 410. The number of aliphatic hydroxyl groups excluding tert-OH is 1. The molecular formula is C12H15FN2O. The summed E-state index contributed by atoms with van der Waals surface area (Å²) in [5.41, 5.74) is 0.451. The molecule has 0 fully saturated rings. The summed E-state index contributed by atoms with van der Waals surface area (Å²) < 4.78 is 13.0. The summed E-state index contributed by atoms with van der Waals surface area (Å²) in [4.78, 5) is 0. The number of aliphatic hydroxyl groups is 1. The van der Waals surface area contributed by atoms with E-state index in [1.54, 1.807) is 12.1 Å². The minimum Gasteiger partial charge on any atom is -0.396 e. The molecule has 0 aliphatic rings. The number of nitrogens with zero attached hydrogens (tertiary/aromatic N) is 1. The van der Waals surface area contributed by atoms with Gasteiger partial charge in [0.1, 0.15) is 11.9 Å². The topological polar surface area (TPSA) is 56.0 Å². The lowest BCUT2D eigenvalue weighted by Crippen LogP contribution is -2.26. The van der Waals surface area contributed by atoms with Crippen molar-refractivity contribution in [2.45, 2.75) is 13.8 Å². The molecule has 0 atom stereocenters. The van der Waals surface area contributed by atoms with Crippen LogP contribution in [-0.2, 0) is 0 Å². The number of hydrogen-bond donors (Lipinski definition) is 2. The Morgan fingerprint density at radius 2 is 2.19 bits per heavy atom. The quantitative estimate of drug-likeness (QED) is 0.820. The van der Waals surface area contributed by atoms with Gasteiger partial charge in [0.05, 0.1) is 5.56 Å². The lowest BCUT2D eigenvalue weighted by molar-refractivity contribution is 0.171. The van der Waals surface area contributed by atoms with Crippen LogP contribution in [0.1, 0.15) is 19.4 Å². The highest BCUT2D eigenvalue weighted by Crippen LogP contribution is 2.18. The predicted octanol–water partition coefficient (Wildman–Crippen LogP) is 2.13. The average molecular weight is 222 g/mol. The van der Waals surface area contributed by atoms with Gasteiger partial charge in [-0.05, 0) is 18.2 Å². The molecule has 1 aromatic carbocycles. The third-order valence-corrected chi connectivity index (χ3v) is 2.29. The van der Waals surface area contributed by atoms with E-state index in [1.807, 2.05) is 13.8 Å². The highest BCUT2D eigenvalue weighted by molar-refractivity contribution is 5.49. The van der Waals surface area contributed by atoms with Crippen molar-refractivity contribution in [3.05, 3.63) is 29.6 Å². The van der Waals surface area contributed by atoms with Crippen LogP contribution in [0.3, 0.4) is 0 Å². The van der Waals surface area contributed by atoms with Gasteiger partial charge in [0.25, 0.3) is 0 Å². The van der Waals surface area contributed by atoms with Crippen LogP contribution in [0.2, 0.25) is 0 Å². The third-order valence-electron chi connectivity index (χ3n) is 2.29. The van der Waals surface area contributed by atoms with Crippen molar-refractivity contribution in [3.63, 3.8) is 0 Å². The fourth-order valence-electron chi connectivity index (χ4n) is 1.12. The molecule has 1 aromatic rings. The molecule has 4 heteroatoms. The van der Waals surface area contributed by atoms with Crippen molar-refractivity contribution in [2.24, 2.45) is 5.41 Å². The van der Waals surface area contributed by atoms with Crippen LogP contribution in [0.5, 0.6) is 0 Å². The van der Waals surface area contributed by atoms with Crippen molar-refractivity contribution < 1.29 is 9.50 Å². The number of nitriles is 1. The smallest absolute Gasteiger partial charge is 0.141 e. The van der Waals surface area contributed by atoms with Gasteiger partial charge in [-0.3, -0.25) is 0 Å². The van der Waals surface area contributed by atoms with Crippen LogP contribution in [0.4, 0.5) is 10.1 Å². The van der Waals surface area contributed by atoms with Crippen molar-refractivity contribution >= 4 is 5.69 Å². The second kappa shape index (κ2) is 4.95. The Balaban J connectivity index is 2.73. The molecule has 0 aliphatic carbocycles. The Morgan fingerprint density at radius 3 is 2.75 bits per heavy atom. The summed E-state index contributed by atoms with van der Waals surface area (Å²) >= 11 is 0. The molecule has 0 radical (unpaired) electrons. The number of rotatable bonds is 4. The van der Waals surface area contributed by atoms with E-state index < -0.39 is 5.82 Å². The lowest BCUT2D eigenvalue weighted by Gasteiger charge is -2.22. The second-order valence-electron chi connectivity index (χ2n) is 4.48. The maximum atomic E-state index is 13.0. The van der Waals surface area contributed by atoms with Gasteiger partial charge in [-0.1, -0.05) is 13.8 Å². The monoisotopic (exact) mass is 222 g/mol. The third kappa shape index (κ3) is 3.21. The zero-order chi connectivity index (χ0) is 12.2. The normalized spacial score (nSPS) is 10.9. The molecule has 0 saturated carbocycles. The highest BCUT2D eigenvalue weighted by atomic mass is 19.1. The Kier molecular flexibility index (Phi) is 3.86. The van der Waals surface area contributed by atoms with E-state index in [0.717, 1.165) is 0 Å². The van der Waals surface area contributed by atoms with Crippen LogP contribution in [-0.4, -0.2) is 18.3 Å². The number of benzene rings is 1. The Morgan fingerprint density at radius 1 is 1.50 bits per heavy atom. The highest BCUT2D eigenvalue weighted by Gasteiger charge is 2.16. The lowest BCUT2D eigenvalue weighted by atomic mass is 9.95. The molecule has 0 bridgehead atoms. The summed E-state index contributed by atoms with van der Waals surface area (Å²) in [5, 5.41) is 20.8. The minimum absolute atomic E-state index is 0.0202. The SMILES string of the molecule is CC(C)(CO)CNc1ccc(F)c(C#N)c1. The zero-order valence-corrected chi connectivity index (χ0v) is 9.42. The first-order valence-corrected chi connectivity index (χ1v) is 5.03. The molecule has 2 N–H and O–H groups in total. The van der Waals surface area contributed by atoms with E-state index in [2.05, 4.69) is 5.32 Å². The van der Waals surface area contributed by atoms with Gasteiger partial charge < -0.3 is 10.4 Å². The van der Waals surface area contributed by atoms with Crippen molar-refractivity contribution in [2.75, 3.05) is 18.5 Å². The van der Waals surface area contributed by atoms with Gasteiger partial charge in [0.2, 0.25) is 0 Å². The number of halogens is 1. The molecular weight excluding hydrogens is 207 g/mol. The van der Waals surface area contributed by atoms with Crippen LogP contribution < -0.4 is 5.32 Å². The fraction of sp³-hybridized carbons (Fsp3) is 0.417. The van der Waals surface area contributed by atoms with E-state index in [9.17, 15) is 4.39 Å². The van der Waals surface area contributed by atoms with Crippen LogP contribution in [0, 0.1) is 22.6 Å². The Hall–Kier alpha value is -1.60. The van der Waals surface area contributed by atoms with E-state index in [4.69, 9.17) is 10.4 Å². The first kappa shape index (κ1) is 12.5. The summed E-state index contributed by atoms with van der Waals surface area (Å²) in [6.45, 7) is 4.44. The first-order chi connectivity index (χ1) is 7.48. The molecule has 0 amide bonds. The fourth-order valence-corrected chi connectivity index (χ4v) is 1.12. The van der Waals surface area contributed by atoms with Gasteiger partial charge >= 0.3 is 0 Å². The summed E-state index contributed by atoms with van der Waals surface area (Å²) in [6.07, 6.45) is 0. The first-order valence-electron chi connectivity index (χ1n) is 5.03. The summed E-state index contributed by atoms with van der Waals surface area (Å²) in [5.74, 6) is -0.519. The number of hydrogen-bond acceptors (Lipinski definition) is 3. The molecule has 3 nitrogen and oxygen atoms in total. The number of nitrogens with one attached hydrogen (secondary N) is 1. The second-order valence-corrected chi connectivity index (χ2v) is 4.48. The minimum atomic E-state index is -0.519. The Labute approximate surface area is 94.5 Å². The standard InChI is InChI=1S/C12H15FN2O/c1-12(2,8-16)7-15-10-3-4-11(13)9(5-10)6-14/h3-5,15-16H,7-8H2,1-2H3.